The predicted octanol–water partition coefficient (Wildman–Crippen LogP) is 7.35. The molecule has 2 aliphatic carbocycles. The molecule has 0 unspecified atom stereocenters. The highest BCUT2D eigenvalue weighted by molar-refractivity contribution is 7.26. The summed E-state index contributed by atoms with van der Waals surface area (Å²) in [4.78, 5) is 0. The summed E-state index contributed by atoms with van der Waals surface area (Å²) in [6, 6.07) is 25.5. The molecule has 4 aromatic carbocycles. The monoisotopic (exact) mass is 401 g/mol. The topological polar surface area (TPSA) is 4.93 Å². The summed E-state index contributed by atoms with van der Waals surface area (Å²) in [5, 5.41) is 5.66. The Labute approximate surface area is 178 Å². The van der Waals surface area contributed by atoms with Crippen LogP contribution in [0, 0.1) is 0 Å². The predicted molar refractivity (Wildman–Crippen MR) is 128 cm³/mol. The smallest absolute Gasteiger partial charge is 0.0634 e. The van der Waals surface area contributed by atoms with Crippen LogP contribution < -0.4 is 0 Å². The van der Waals surface area contributed by atoms with Crippen LogP contribution in [0.4, 0.5) is 0 Å². The van der Waals surface area contributed by atoms with E-state index in [0.29, 0.717) is 0 Å². The molecule has 6 aromatic rings. The normalized spacial score (nSPS) is 14.8. The lowest BCUT2D eigenvalue weighted by atomic mass is 9.87. The molecule has 1 nitrogen and oxygen atoms in total. The Morgan fingerprint density at radius 1 is 0.600 bits per heavy atom. The molecule has 2 aromatic heterocycles. The first-order valence-corrected chi connectivity index (χ1v) is 11.7. The fraction of sp³-hybridized carbons (Fsp3) is 0.143. The number of rotatable bonds is 1. The molecule has 142 valence electrons. The van der Waals surface area contributed by atoms with Gasteiger partial charge in [-0.05, 0) is 90.4 Å². The van der Waals surface area contributed by atoms with Gasteiger partial charge in [-0.1, -0.05) is 24.3 Å². The Morgan fingerprint density at radius 3 is 2.07 bits per heavy atom. The standard InChI is InChI=1S/C28H19NS/c1-2-4-20(5-3-1)29-24-14-18-8-6-16(18)12-22(24)21-10-11-25-27(28(21)29)23-13-17-7-9-19(17)15-26(23)30-25/h1-5,10-15H,6-9H2. The van der Waals surface area contributed by atoms with Gasteiger partial charge in [-0.25, -0.2) is 0 Å². The number of fused-ring (bicyclic) bond motifs is 9. The van der Waals surface area contributed by atoms with E-state index in [-0.39, 0.29) is 0 Å². The zero-order chi connectivity index (χ0) is 19.4. The summed E-state index contributed by atoms with van der Waals surface area (Å²) >= 11 is 1.95. The van der Waals surface area contributed by atoms with Crippen molar-refractivity contribution in [3.8, 4) is 5.69 Å². The molecule has 2 heteroatoms. The van der Waals surface area contributed by atoms with Crippen LogP contribution in [-0.4, -0.2) is 4.57 Å². The molecule has 0 saturated heterocycles. The molecule has 30 heavy (non-hydrogen) atoms. The van der Waals surface area contributed by atoms with Crippen molar-refractivity contribution >= 4 is 53.3 Å². The van der Waals surface area contributed by atoms with Crippen molar-refractivity contribution < 1.29 is 0 Å². The molecule has 0 atom stereocenters. The number of thiophene rings is 1. The Balaban J connectivity index is 1.65. The van der Waals surface area contributed by atoms with Crippen molar-refractivity contribution in [2.45, 2.75) is 25.7 Å². The first kappa shape index (κ1) is 15.7. The van der Waals surface area contributed by atoms with Gasteiger partial charge in [-0.15, -0.1) is 11.3 Å². The van der Waals surface area contributed by atoms with Gasteiger partial charge in [0, 0.05) is 36.6 Å². The Bertz CT molecular complexity index is 1680. The van der Waals surface area contributed by atoms with Gasteiger partial charge in [0.15, 0.2) is 0 Å². The lowest BCUT2D eigenvalue weighted by Crippen LogP contribution is -2.08. The van der Waals surface area contributed by atoms with E-state index in [1.165, 1.54) is 84.5 Å². The second-order valence-corrected chi connectivity index (χ2v) is 9.95. The Kier molecular flexibility index (Phi) is 2.79. The molecule has 0 N–H and O–H groups in total. The summed E-state index contributed by atoms with van der Waals surface area (Å²) in [6.45, 7) is 0. The lowest BCUT2D eigenvalue weighted by molar-refractivity contribution is 0.843. The number of nitrogens with zero attached hydrogens (tertiary/aromatic N) is 1. The second-order valence-electron chi connectivity index (χ2n) is 8.86. The lowest BCUT2D eigenvalue weighted by Gasteiger charge is -2.19. The summed E-state index contributed by atoms with van der Waals surface area (Å²) in [5.41, 5.74) is 10.1. The quantitative estimate of drug-likeness (QED) is 0.271. The Morgan fingerprint density at radius 2 is 1.30 bits per heavy atom. The van der Waals surface area contributed by atoms with Crippen LogP contribution in [0.5, 0.6) is 0 Å². The zero-order valence-corrected chi connectivity index (χ0v) is 17.4. The fourth-order valence-corrected chi connectivity index (χ4v) is 6.75. The molecule has 0 amide bonds. The van der Waals surface area contributed by atoms with Gasteiger partial charge in [-0.3, -0.25) is 0 Å². The van der Waals surface area contributed by atoms with Gasteiger partial charge < -0.3 is 4.57 Å². The van der Waals surface area contributed by atoms with Crippen LogP contribution in [-0.2, 0) is 25.7 Å². The SMILES string of the molecule is c1ccc(-n2c3cc4c(cc3c3ccc5sc6cc7c(cc6c5c32)CC7)CC4)cc1. The van der Waals surface area contributed by atoms with Gasteiger partial charge in [0.2, 0.25) is 0 Å². The van der Waals surface area contributed by atoms with E-state index in [4.69, 9.17) is 0 Å². The maximum atomic E-state index is 2.52. The van der Waals surface area contributed by atoms with Crippen molar-refractivity contribution in [3.05, 3.63) is 89.0 Å². The molecular formula is C28H19NS. The van der Waals surface area contributed by atoms with Gasteiger partial charge in [0.05, 0.1) is 11.0 Å². The summed E-state index contributed by atoms with van der Waals surface area (Å²) in [7, 11) is 0. The van der Waals surface area contributed by atoms with Crippen LogP contribution in [0.3, 0.4) is 0 Å². The minimum atomic E-state index is 1.21. The highest BCUT2D eigenvalue weighted by atomic mass is 32.1. The van der Waals surface area contributed by atoms with E-state index >= 15 is 0 Å². The van der Waals surface area contributed by atoms with Crippen LogP contribution in [0.1, 0.15) is 22.3 Å². The molecule has 2 aliphatic rings. The fourth-order valence-electron chi connectivity index (χ4n) is 5.59. The highest BCUT2D eigenvalue weighted by Crippen LogP contribution is 2.45. The third kappa shape index (κ3) is 1.84. The molecule has 0 radical (unpaired) electrons. The number of para-hydroxylation sites is 1. The number of hydrogen-bond acceptors (Lipinski definition) is 1. The van der Waals surface area contributed by atoms with E-state index in [0.717, 1.165) is 0 Å². The van der Waals surface area contributed by atoms with E-state index in [1.807, 2.05) is 11.3 Å². The van der Waals surface area contributed by atoms with Gasteiger partial charge in [0.1, 0.15) is 0 Å². The molecule has 0 aliphatic heterocycles. The average molecular weight is 402 g/mol. The van der Waals surface area contributed by atoms with Crippen molar-refractivity contribution in [2.24, 2.45) is 0 Å². The Hall–Kier alpha value is -3.10. The molecule has 0 bridgehead atoms. The number of hydrogen-bond donors (Lipinski definition) is 0. The third-order valence-electron chi connectivity index (χ3n) is 7.35. The molecule has 0 spiro atoms. The van der Waals surface area contributed by atoms with Gasteiger partial charge in [0.25, 0.3) is 0 Å². The first-order valence-electron chi connectivity index (χ1n) is 10.9. The summed E-state index contributed by atoms with van der Waals surface area (Å²) < 4.78 is 5.36. The van der Waals surface area contributed by atoms with Crippen LogP contribution in [0.25, 0.3) is 47.7 Å². The van der Waals surface area contributed by atoms with E-state index in [2.05, 4.69) is 71.3 Å². The molecule has 0 saturated carbocycles. The largest absolute Gasteiger partial charge is 0.309 e. The van der Waals surface area contributed by atoms with Crippen molar-refractivity contribution in [1.29, 1.82) is 0 Å². The molecule has 0 fully saturated rings. The van der Waals surface area contributed by atoms with Crippen LogP contribution >= 0.6 is 11.3 Å². The van der Waals surface area contributed by atoms with E-state index in [1.54, 1.807) is 11.1 Å². The third-order valence-corrected chi connectivity index (χ3v) is 8.46. The van der Waals surface area contributed by atoms with Crippen molar-refractivity contribution in [3.63, 3.8) is 0 Å². The van der Waals surface area contributed by atoms with Crippen LogP contribution in [0.2, 0.25) is 0 Å². The van der Waals surface area contributed by atoms with Gasteiger partial charge >= 0.3 is 0 Å². The first-order chi connectivity index (χ1) is 14.8. The van der Waals surface area contributed by atoms with Crippen molar-refractivity contribution in [1.82, 2.24) is 4.57 Å². The molecule has 2 heterocycles. The summed E-state index contributed by atoms with van der Waals surface area (Å²) in [6.07, 6.45) is 4.90. The minimum Gasteiger partial charge on any atom is -0.309 e. The second kappa shape index (κ2) is 5.33. The average Bonchev–Trinajstić information content (AvgIpc) is 3.25. The molecular weight excluding hydrogens is 382 g/mol. The number of aryl methyl sites for hydroxylation is 4. The van der Waals surface area contributed by atoms with Gasteiger partial charge in [-0.2, -0.15) is 0 Å². The van der Waals surface area contributed by atoms with E-state index < -0.39 is 0 Å². The zero-order valence-electron chi connectivity index (χ0n) is 16.5. The van der Waals surface area contributed by atoms with Crippen LogP contribution in [0.15, 0.2) is 66.7 Å². The summed E-state index contributed by atoms with van der Waals surface area (Å²) in [5.74, 6) is 0. The van der Waals surface area contributed by atoms with E-state index in [9.17, 15) is 0 Å². The minimum absolute atomic E-state index is 1.21. The van der Waals surface area contributed by atoms with Crippen molar-refractivity contribution in [2.75, 3.05) is 0 Å². The maximum Gasteiger partial charge on any atom is 0.0634 e. The highest BCUT2D eigenvalue weighted by Gasteiger charge is 2.23. The number of aromatic nitrogens is 1. The maximum absolute atomic E-state index is 2.52. The molecule has 8 rings (SSSR count). The number of benzene rings is 4.